The number of nitrogens with zero attached hydrogens (tertiary/aromatic N) is 2. The molecule has 0 radical (unpaired) electrons. The predicted molar refractivity (Wildman–Crippen MR) is 84.7 cm³/mol. The van der Waals surface area contributed by atoms with E-state index in [2.05, 4.69) is 20.6 Å². The normalized spacial score (nSPS) is 10.4. The highest BCUT2D eigenvalue weighted by Crippen LogP contribution is 2.10. The Labute approximate surface area is 134 Å². The second-order valence-corrected chi connectivity index (χ2v) is 4.91. The quantitative estimate of drug-likeness (QED) is 0.763. The molecule has 0 fully saturated rings. The highest BCUT2D eigenvalue weighted by atomic mass is 19.1. The van der Waals surface area contributed by atoms with Crippen molar-refractivity contribution in [2.75, 3.05) is 25.6 Å². The molecule has 0 saturated carbocycles. The minimum absolute atomic E-state index is 0.276. The van der Waals surface area contributed by atoms with Gasteiger partial charge in [-0.25, -0.2) is 14.4 Å². The van der Waals surface area contributed by atoms with Gasteiger partial charge in [-0.05, 0) is 24.6 Å². The molecule has 6 nitrogen and oxygen atoms in total. The van der Waals surface area contributed by atoms with Crippen LogP contribution < -0.4 is 10.6 Å². The third-order valence-corrected chi connectivity index (χ3v) is 3.05. The van der Waals surface area contributed by atoms with Crippen molar-refractivity contribution in [2.24, 2.45) is 0 Å². The SMILES string of the molecule is COCCNC(=O)c1cc(NCc2ccc(F)cc2)nc(C)n1. The summed E-state index contributed by atoms with van der Waals surface area (Å²) in [6.07, 6.45) is 0. The molecule has 1 aromatic heterocycles. The third kappa shape index (κ3) is 5.30. The lowest BCUT2D eigenvalue weighted by Gasteiger charge is -2.09. The Morgan fingerprint density at radius 2 is 2.00 bits per heavy atom. The van der Waals surface area contributed by atoms with Gasteiger partial charge in [0.15, 0.2) is 0 Å². The smallest absolute Gasteiger partial charge is 0.270 e. The maximum Gasteiger partial charge on any atom is 0.270 e. The van der Waals surface area contributed by atoms with Crippen LogP contribution in [0, 0.1) is 12.7 Å². The summed E-state index contributed by atoms with van der Waals surface area (Å²) in [6.45, 7) is 3.04. The van der Waals surface area contributed by atoms with Gasteiger partial charge in [0.1, 0.15) is 23.2 Å². The molecule has 23 heavy (non-hydrogen) atoms. The Hall–Kier alpha value is -2.54. The zero-order chi connectivity index (χ0) is 16.7. The number of carbonyl (C=O) groups excluding carboxylic acids is 1. The second-order valence-electron chi connectivity index (χ2n) is 4.91. The minimum Gasteiger partial charge on any atom is -0.383 e. The number of benzene rings is 1. The summed E-state index contributed by atoms with van der Waals surface area (Å²) >= 11 is 0. The van der Waals surface area contributed by atoms with E-state index in [1.807, 2.05) is 0 Å². The molecule has 2 aromatic rings. The van der Waals surface area contributed by atoms with Crippen molar-refractivity contribution in [1.29, 1.82) is 0 Å². The Kier molecular flexibility index (Phi) is 5.99. The summed E-state index contributed by atoms with van der Waals surface area (Å²) in [5.41, 5.74) is 1.20. The van der Waals surface area contributed by atoms with E-state index in [1.54, 1.807) is 32.2 Å². The number of hydrogen-bond donors (Lipinski definition) is 2. The second kappa shape index (κ2) is 8.19. The van der Waals surface area contributed by atoms with Gasteiger partial charge >= 0.3 is 0 Å². The molecule has 1 aromatic carbocycles. The van der Waals surface area contributed by atoms with Crippen LogP contribution in [0.1, 0.15) is 21.9 Å². The van der Waals surface area contributed by atoms with E-state index in [-0.39, 0.29) is 17.4 Å². The van der Waals surface area contributed by atoms with E-state index in [4.69, 9.17) is 4.74 Å². The van der Waals surface area contributed by atoms with Gasteiger partial charge in [-0.3, -0.25) is 4.79 Å². The fourth-order valence-electron chi connectivity index (χ4n) is 1.93. The monoisotopic (exact) mass is 318 g/mol. The zero-order valence-corrected chi connectivity index (χ0v) is 13.1. The van der Waals surface area contributed by atoms with Crippen LogP contribution in [0.3, 0.4) is 0 Å². The average molecular weight is 318 g/mol. The number of anilines is 1. The molecule has 0 unspecified atom stereocenters. The van der Waals surface area contributed by atoms with Crippen LogP contribution in [0.25, 0.3) is 0 Å². The van der Waals surface area contributed by atoms with E-state index in [0.29, 0.717) is 31.3 Å². The molecule has 122 valence electrons. The molecule has 1 amide bonds. The molecule has 0 aliphatic carbocycles. The first-order valence-corrected chi connectivity index (χ1v) is 7.19. The lowest BCUT2D eigenvalue weighted by molar-refractivity contribution is 0.0931. The van der Waals surface area contributed by atoms with E-state index >= 15 is 0 Å². The van der Waals surface area contributed by atoms with Crippen LogP contribution >= 0.6 is 0 Å². The van der Waals surface area contributed by atoms with Gasteiger partial charge in [0.2, 0.25) is 0 Å². The van der Waals surface area contributed by atoms with Gasteiger partial charge in [-0.15, -0.1) is 0 Å². The minimum atomic E-state index is -0.280. The Bertz CT molecular complexity index is 662. The first kappa shape index (κ1) is 16.8. The molecular formula is C16H19FN4O2. The van der Waals surface area contributed by atoms with Crippen molar-refractivity contribution >= 4 is 11.7 Å². The fourth-order valence-corrected chi connectivity index (χ4v) is 1.93. The van der Waals surface area contributed by atoms with Crippen LogP contribution in [0.5, 0.6) is 0 Å². The van der Waals surface area contributed by atoms with Gasteiger partial charge in [-0.1, -0.05) is 12.1 Å². The van der Waals surface area contributed by atoms with Crippen molar-refractivity contribution in [3.8, 4) is 0 Å². The number of rotatable bonds is 7. The molecule has 0 aliphatic heterocycles. The van der Waals surface area contributed by atoms with Gasteiger partial charge < -0.3 is 15.4 Å². The molecule has 0 spiro atoms. The Balaban J connectivity index is 2.01. The number of methoxy groups -OCH3 is 1. The number of aryl methyl sites for hydroxylation is 1. The maximum absolute atomic E-state index is 12.9. The number of ether oxygens (including phenoxy) is 1. The van der Waals surface area contributed by atoms with Crippen LogP contribution in [-0.4, -0.2) is 36.1 Å². The predicted octanol–water partition coefficient (Wildman–Crippen LogP) is 1.91. The molecule has 0 atom stereocenters. The van der Waals surface area contributed by atoms with Crippen LogP contribution in [0.4, 0.5) is 10.2 Å². The third-order valence-electron chi connectivity index (χ3n) is 3.05. The summed E-state index contributed by atoms with van der Waals surface area (Å²) in [5, 5.41) is 5.82. The average Bonchev–Trinajstić information content (AvgIpc) is 2.54. The fraction of sp³-hybridized carbons (Fsp3) is 0.312. The molecule has 2 N–H and O–H groups in total. The van der Waals surface area contributed by atoms with Crippen LogP contribution in [-0.2, 0) is 11.3 Å². The van der Waals surface area contributed by atoms with Crippen molar-refractivity contribution in [2.45, 2.75) is 13.5 Å². The number of hydrogen-bond acceptors (Lipinski definition) is 5. The largest absolute Gasteiger partial charge is 0.383 e. The lowest BCUT2D eigenvalue weighted by Crippen LogP contribution is -2.28. The number of halogens is 1. The topological polar surface area (TPSA) is 76.1 Å². The van der Waals surface area contributed by atoms with Crippen molar-refractivity contribution < 1.29 is 13.9 Å². The van der Waals surface area contributed by atoms with Crippen LogP contribution in [0.2, 0.25) is 0 Å². The Morgan fingerprint density at radius 1 is 1.26 bits per heavy atom. The number of nitrogens with one attached hydrogen (secondary N) is 2. The van der Waals surface area contributed by atoms with Crippen molar-refractivity contribution in [3.05, 3.63) is 53.2 Å². The van der Waals surface area contributed by atoms with Crippen LogP contribution in [0.15, 0.2) is 30.3 Å². The summed E-state index contributed by atoms with van der Waals surface area (Å²) in [6, 6.07) is 7.76. The number of amides is 1. The van der Waals surface area contributed by atoms with E-state index in [0.717, 1.165) is 5.56 Å². The summed E-state index contributed by atoms with van der Waals surface area (Å²) in [5.74, 6) is 0.476. The number of carbonyl (C=O) groups is 1. The molecule has 7 heteroatoms. The van der Waals surface area contributed by atoms with E-state index < -0.39 is 0 Å². The molecule has 1 heterocycles. The lowest BCUT2D eigenvalue weighted by atomic mass is 10.2. The van der Waals surface area contributed by atoms with Crippen molar-refractivity contribution in [1.82, 2.24) is 15.3 Å². The highest BCUT2D eigenvalue weighted by molar-refractivity contribution is 5.92. The van der Waals surface area contributed by atoms with Crippen molar-refractivity contribution in [3.63, 3.8) is 0 Å². The number of aromatic nitrogens is 2. The van der Waals surface area contributed by atoms with E-state index in [1.165, 1.54) is 12.1 Å². The summed E-state index contributed by atoms with van der Waals surface area (Å²) < 4.78 is 17.8. The van der Waals surface area contributed by atoms with E-state index in [9.17, 15) is 9.18 Å². The summed E-state index contributed by atoms with van der Waals surface area (Å²) in [4.78, 5) is 20.4. The molecule has 2 rings (SSSR count). The maximum atomic E-state index is 12.9. The molecule has 0 aliphatic rings. The first-order chi connectivity index (χ1) is 11.1. The van der Waals surface area contributed by atoms with Gasteiger partial charge in [-0.2, -0.15) is 0 Å². The zero-order valence-electron chi connectivity index (χ0n) is 13.1. The van der Waals surface area contributed by atoms with Gasteiger partial charge in [0.05, 0.1) is 6.61 Å². The molecular weight excluding hydrogens is 299 g/mol. The molecule has 0 saturated heterocycles. The Morgan fingerprint density at radius 3 is 2.70 bits per heavy atom. The summed E-state index contributed by atoms with van der Waals surface area (Å²) in [7, 11) is 1.57. The van der Waals surface area contributed by atoms with Gasteiger partial charge in [0.25, 0.3) is 5.91 Å². The first-order valence-electron chi connectivity index (χ1n) is 7.19. The highest BCUT2D eigenvalue weighted by Gasteiger charge is 2.10. The standard InChI is InChI=1S/C16H19FN4O2/c1-11-20-14(16(22)18-7-8-23-2)9-15(21-11)19-10-12-3-5-13(17)6-4-12/h3-6,9H,7-8,10H2,1-2H3,(H,18,22)(H,19,20,21). The van der Waals surface area contributed by atoms with Gasteiger partial charge in [0, 0.05) is 26.3 Å². The molecule has 0 bridgehead atoms.